The lowest BCUT2D eigenvalue weighted by atomic mass is 10.0. The van der Waals surface area contributed by atoms with Gasteiger partial charge < -0.3 is 29.5 Å². The van der Waals surface area contributed by atoms with Crippen molar-refractivity contribution in [1.29, 1.82) is 0 Å². The Bertz CT molecular complexity index is 1070. The minimum absolute atomic E-state index is 0.136. The lowest BCUT2D eigenvalue weighted by Crippen LogP contribution is -2.04. The smallest absolute Gasteiger partial charge is 0.126 e. The highest BCUT2D eigenvalue weighted by molar-refractivity contribution is 5.45. The summed E-state index contributed by atoms with van der Waals surface area (Å²) >= 11 is 0. The van der Waals surface area contributed by atoms with E-state index < -0.39 is 0 Å². The summed E-state index contributed by atoms with van der Waals surface area (Å²) < 4.78 is 17.6. The van der Waals surface area contributed by atoms with Gasteiger partial charge in [-0.3, -0.25) is 0 Å². The summed E-state index contributed by atoms with van der Waals surface area (Å²) in [5.74, 6) is 0.435. The van der Waals surface area contributed by atoms with Crippen LogP contribution in [0.1, 0.15) is 58.4 Å². The molecule has 0 aliphatic carbocycles. The van der Waals surface area contributed by atoms with E-state index in [9.17, 15) is 15.3 Å². The molecule has 1 heterocycles. The molecule has 6 heteroatoms. The van der Waals surface area contributed by atoms with Crippen LogP contribution in [0.4, 0.5) is 0 Å². The number of phenolic OH excluding ortho intramolecular Hbond substituents is 3. The molecule has 180 valence electrons. The van der Waals surface area contributed by atoms with E-state index >= 15 is 0 Å². The number of hydrogen-bond acceptors (Lipinski definition) is 6. The summed E-state index contributed by atoms with van der Waals surface area (Å²) in [6, 6.07) is 13.2. The van der Waals surface area contributed by atoms with Gasteiger partial charge in [0.1, 0.15) is 17.2 Å². The van der Waals surface area contributed by atoms with Gasteiger partial charge >= 0.3 is 0 Å². The van der Waals surface area contributed by atoms with Crippen molar-refractivity contribution >= 4 is 0 Å². The van der Waals surface area contributed by atoms with Gasteiger partial charge in [0.25, 0.3) is 0 Å². The van der Waals surface area contributed by atoms with Gasteiger partial charge in [0.2, 0.25) is 0 Å². The van der Waals surface area contributed by atoms with Crippen LogP contribution in [0, 0.1) is 0 Å². The van der Waals surface area contributed by atoms with Crippen LogP contribution < -0.4 is 0 Å². The van der Waals surface area contributed by atoms with Crippen molar-refractivity contribution in [2.45, 2.75) is 66.3 Å². The van der Waals surface area contributed by atoms with E-state index in [4.69, 9.17) is 14.2 Å². The number of aromatic hydroxyl groups is 3. The topological polar surface area (TPSA) is 88.4 Å². The van der Waals surface area contributed by atoms with Crippen molar-refractivity contribution in [3.8, 4) is 17.2 Å². The Labute approximate surface area is 200 Å². The molecule has 0 amide bonds. The Kier molecular flexibility index (Phi) is 7.73. The van der Waals surface area contributed by atoms with E-state index in [1.54, 1.807) is 0 Å². The molecule has 0 fully saturated rings. The standard InChI is InChI=1S/C28H32O6/c1-3-18-8-22-14-32-12-20-6-5-7-21(26(20)29)13-33-15-23-9-19(4-2)11-25(28(23)31)17-34-16-24(10-18)27(22)30/h5-11,29-31H,3-4,12-17H2,1-2H3. The molecule has 0 radical (unpaired) electrons. The Morgan fingerprint density at radius 1 is 0.529 bits per heavy atom. The number of aryl methyl sites for hydroxylation is 2. The molecule has 6 bridgehead atoms. The van der Waals surface area contributed by atoms with E-state index in [-0.39, 0.29) is 56.9 Å². The summed E-state index contributed by atoms with van der Waals surface area (Å²) in [7, 11) is 0. The predicted molar refractivity (Wildman–Crippen MR) is 129 cm³/mol. The molecular formula is C28H32O6. The van der Waals surface area contributed by atoms with Crippen molar-refractivity contribution in [2.75, 3.05) is 0 Å². The molecule has 0 unspecified atom stereocenters. The fraction of sp³-hybridized carbons (Fsp3) is 0.357. The maximum Gasteiger partial charge on any atom is 0.126 e. The average Bonchev–Trinajstić information content (AvgIpc) is 2.84. The van der Waals surface area contributed by atoms with E-state index in [2.05, 4.69) is 13.8 Å². The van der Waals surface area contributed by atoms with Crippen LogP contribution in [-0.4, -0.2) is 15.3 Å². The monoisotopic (exact) mass is 464 g/mol. The van der Waals surface area contributed by atoms with E-state index in [1.165, 1.54) is 0 Å². The van der Waals surface area contributed by atoms with E-state index in [1.807, 2.05) is 42.5 Å². The van der Waals surface area contributed by atoms with Crippen LogP contribution in [0.2, 0.25) is 0 Å². The van der Waals surface area contributed by atoms with Gasteiger partial charge in [-0.15, -0.1) is 0 Å². The normalized spacial score (nSPS) is 14.9. The number of rotatable bonds is 2. The first kappa shape index (κ1) is 24.1. The largest absolute Gasteiger partial charge is 0.507 e. The minimum Gasteiger partial charge on any atom is -0.507 e. The zero-order valence-corrected chi connectivity index (χ0v) is 19.8. The lowest BCUT2D eigenvalue weighted by molar-refractivity contribution is 0.0930. The zero-order valence-electron chi connectivity index (χ0n) is 19.8. The molecule has 4 rings (SSSR count). The maximum atomic E-state index is 10.9. The summed E-state index contributed by atoms with van der Waals surface area (Å²) in [5, 5.41) is 32.4. The quantitative estimate of drug-likeness (QED) is 0.471. The van der Waals surface area contributed by atoms with Crippen LogP contribution in [0.3, 0.4) is 0 Å². The molecule has 1 aliphatic heterocycles. The fourth-order valence-electron chi connectivity index (χ4n) is 4.20. The van der Waals surface area contributed by atoms with Gasteiger partial charge in [-0.1, -0.05) is 32.0 Å². The second kappa shape index (κ2) is 10.9. The van der Waals surface area contributed by atoms with Gasteiger partial charge in [-0.05, 0) is 48.2 Å². The Balaban J connectivity index is 1.71. The number of benzene rings is 3. The van der Waals surface area contributed by atoms with Crippen LogP contribution >= 0.6 is 0 Å². The van der Waals surface area contributed by atoms with Crippen molar-refractivity contribution in [1.82, 2.24) is 0 Å². The number of phenols is 3. The number of fused-ring (bicyclic) bond motifs is 6. The zero-order chi connectivity index (χ0) is 24.1. The highest BCUT2D eigenvalue weighted by Crippen LogP contribution is 2.31. The van der Waals surface area contributed by atoms with Crippen molar-refractivity contribution in [3.63, 3.8) is 0 Å². The van der Waals surface area contributed by atoms with Gasteiger partial charge in [0.15, 0.2) is 0 Å². The molecule has 6 nitrogen and oxygen atoms in total. The molecule has 0 saturated carbocycles. The second-order valence-corrected chi connectivity index (χ2v) is 8.64. The summed E-state index contributed by atoms with van der Waals surface area (Å²) in [5.41, 5.74) is 6.16. The number of hydrogen-bond donors (Lipinski definition) is 3. The average molecular weight is 465 g/mol. The third kappa shape index (κ3) is 5.36. The van der Waals surface area contributed by atoms with Gasteiger partial charge in [-0.25, -0.2) is 0 Å². The fourth-order valence-corrected chi connectivity index (χ4v) is 4.20. The summed E-state index contributed by atoms with van der Waals surface area (Å²) in [4.78, 5) is 0. The lowest BCUT2D eigenvalue weighted by Gasteiger charge is -2.17. The molecule has 34 heavy (non-hydrogen) atoms. The molecule has 0 aromatic heterocycles. The highest BCUT2D eigenvalue weighted by atomic mass is 16.5. The SMILES string of the molecule is CCc1cc2c(O)c(c1)COCc1cc(CC)cc(c1O)COCc1cccc(c1O)COC2. The first-order valence-electron chi connectivity index (χ1n) is 11.7. The number of para-hydroxylation sites is 1. The van der Waals surface area contributed by atoms with Crippen molar-refractivity contribution in [3.05, 3.63) is 87.0 Å². The molecule has 0 atom stereocenters. The maximum absolute atomic E-state index is 10.9. The molecule has 0 saturated heterocycles. The van der Waals surface area contributed by atoms with Crippen LogP contribution in [-0.2, 0) is 66.7 Å². The number of ether oxygens (including phenoxy) is 3. The Hall–Kier alpha value is -3.06. The molecule has 3 aromatic rings. The third-order valence-corrected chi connectivity index (χ3v) is 6.22. The van der Waals surface area contributed by atoms with E-state index in [0.717, 1.165) is 24.0 Å². The van der Waals surface area contributed by atoms with Gasteiger partial charge in [0.05, 0.1) is 39.6 Å². The third-order valence-electron chi connectivity index (χ3n) is 6.22. The molecule has 3 aromatic carbocycles. The van der Waals surface area contributed by atoms with Crippen molar-refractivity contribution < 1.29 is 29.5 Å². The van der Waals surface area contributed by atoms with E-state index in [0.29, 0.717) is 33.4 Å². The predicted octanol–water partition coefficient (Wildman–Crippen LogP) is 5.39. The highest BCUT2D eigenvalue weighted by Gasteiger charge is 2.15. The minimum atomic E-state index is 0.136. The molecular weight excluding hydrogens is 432 g/mol. The molecule has 1 aliphatic rings. The summed E-state index contributed by atoms with van der Waals surface area (Å²) in [6.07, 6.45) is 1.62. The van der Waals surface area contributed by atoms with Crippen LogP contribution in [0.15, 0.2) is 42.5 Å². The van der Waals surface area contributed by atoms with Gasteiger partial charge in [0, 0.05) is 33.4 Å². The van der Waals surface area contributed by atoms with Gasteiger partial charge in [-0.2, -0.15) is 0 Å². The Morgan fingerprint density at radius 2 is 0.824 bits per heavy atom. The second-order valence-electron chi connectivity index (χ2n) is 8.64. The van der Waals surface area contributed by atoms with Crippen LogP contribution in [0.25, 0.3) is 0 Å². The first-order valence-corrected chi connectivity index (χ1v) is 11.7. The molecule has 0 spiro atoms. The molecule has 3 N–H and O–H groups in total. The first-order chi connectivity index (χ1) is 16.5. The summed E-state index contributed by atoms with van der Waals surface area (Å²) in [6.45, 7) is 5.33. The van der Waals surface area contributed by atoms with Crippen LogP contribution in [0.5, 0.6) is 17.2 Å². The Morgan fingerprint density at radius 3 is 1.15 bits per heavy atom. The van der Waals surface area contributed by atoms with Crippen molar-refractivity contribution in [2.24, 2.45) is 0 Å².